The third kappa shape index (κ3) is 5.08. The molecule has 1 heterocycles. The zero-order chi connectivity index (χ0) is 17.9. The van der Waals surface area contributed by atoms with Crippen LogP contribution in [-0.4, -0.2) is 66.1 Å². The minimum atomic E-state index is -0.694. The number of hydrogen-bond donors (Lipinski definition) is 2. The zero-order valence-electron chi connectivity index (χ0n) is 15.1. The summed E-state index contributed by atoms with van der Waals surface area (Å²) in [6.07, 6.45) is 2.70. The van der Waals surface area contributed by atoms with Gasteiger partial charge < -0.3 is 24.8 Å². The molecule has 1 aliphatic carbocycles. The Kier molecular flexibility index (Phi) is 6.09. The zero-order valence-corrected chi connectivity index (χ0v) is 15.1. The highest BCUT2D eigenvalue weighted by Crippen LogP contribution is 2.26. The number of likely N-dealkylation sites (tertiary alicyclic amines) is 1. The molecule has 138 valence electrons. The summed E-state index contributed by atoms with van der Waals surface area (Å²) >= 11 is 0. The summed E-state index contributed by atoms with van der Waals surface area (Å²) in [6, 6.07) is 0.329. The predicted molar refractivity (Wildman–Crippen MR) is 88.9 cm³/mol. The molecule has 1 saturated carbocycles. The number of ether oxygens (including phenoxy) is 2. The number of carboxylic acid groups (broad SMARTS) is 1. The molecule has 2 aliphatic rings. The van der Waals surface area contributed by atoms with Gasteiger partial charge in [0.2, 0.25) is 0 Å². The number of methoxy groups -OCH3 is 1. The Morgan fingerprint density at radius 1 is 1.12 bits per heavy atom. The van der Waals surface area contributed by atoms with Crippen molar-refractivity contribution in [1.29, 1.82) is 0 Å². The van der Waals surface area contributed by atoms with Gasteiger partial charge >= 0.3 is 12.1 Å². The van der Waals surface area contributed by atoms with Crippen LogP contribution in [0.2, 0.25) is 0 Å². The van der Waals surface area contributed by atoms with Crippen molar-refractivity contribution in [2.45, 2.75) is 70.2 Å². The summed E-state index contributed by atoms with van der Waals surface area (Å²) in [5, 5.41) is 12.6. The van der Waals surface area contributed by atoms with E-state index >= 15 is 0 Å². The molecular formula is C17H30N2O5. The third-order valence-corrected chi connectivity index (χ3v) is 4.75. The molecule has 0 aromatic heterocycles. The topological polar surface area (TPSA) is 88.1 Å². The Hall–Kier alpha value is -1.34. The summed E-state index contributed by atoms with van der Waals surface area (Å²) in [5.74, 6) is -0.914. The Morgan fingerprint density at radius 2 is 1.75 bits per heavy atom. The summed E-state index contributed by atoms with van der Waals surface area (Å²) in [7, 11) is 1.65. The number of aliphatic carboxylic acids is 1. The van der Waals surface area contributed by atoms with Gasteiger partial charge in [0, 0.05) is 19.7 Å². The van der Waals surface area contributed by atoms with Crippen LogP contribution >= 0.6 is 0 Å². The lowest BCUT2D eigenvalue weighted by atomic mass is 9.86. The summed E-state index contributed by atoms with van der Waals surface area (Å²) in [4.78, 5) is 25.0. The van der Waals surface area contributed by atoms with Crippen LogP contribution in [-0.2, 0) is 14.3 Å². The molecule has 7 heteroatoms. The number of amides is 1. The van der Waals surface area contributed by atoms with Gasteiger partial charge in [-0.3, -0.25) is 4.79 Å². The average Bonchev–Trinajstić information content (AvgIpc) is 2.89. The minimum absolute atomic E-state index is 0.0499. The number of nitrogens with one attached hydrogen (secondary N) is 1. The quantitative estimate of drug-likeness (QED) is 0.811. The molecule has 1 amide bonds. The van der Waals surface area contributed by atoms with E-state index in [-0.39, 0.29) is 30.2 Å². The number of rotatable bonds is 4. The number of carbonyl (C=O) groups is 2. The molecule has 2 fully saturated rings. The molecule has 24 heavy (non-hydrogen) atoms. The maximum absolute atomic E-state index is 12.2. The van der Waals surface area contributed by atoms with Gasteiger partial charge in [0.1, 0.15) is 5.60 Å². The van der Waals surface area contributed by atoms with Crippen LogP contribution < -0.4 is 5.32 Å². The smallest absolute Gasteiger partial charge is 0.410 e. The minimum Gasteiger partial charge on any atom is -0.481 e. The molecule has 7 nitrogen and oxygen atoms in total. The fraction of sp³-hybridized carbons (Fsp3) is 0.882. The maximum Gasteiger partial charge on any atom is 0.410 e. The highest BCUT2D eigenvalue weighted by molar-refractivity contribution is 5.70. The van der Waals surface area contributed by atoms with Gasteiger partial charge in [0.05, 0.1) is 24.6 Å². The molecule has 1 unspecified atom stereocenters. The second-order valence-electron chi connectivity index (χ2n) is 7.82. The summed E-state index contributed by atoms with van der Waals surface area (Å²) in [6.45, 7) is 6.61. The van der Waals surface area contributed by atoms with E-state index in [9.17, 15) is 9.59 Å². The molecule has 0 aromatic carbocycles. The van der Waals surface area contributed by atoms with Crippen molar-refractivity contribution in [3.8, 4) is 0 Å². The van der Waals surface area contributed by atoms with E-state index in [1.54, 1.807) is 12.0 Å². The van der Waals surface area contributed by atoms with Crippen molar-refractivity contribution in [1.82, 2.24) is 10.2 Å². The first-order valence-corrected chi connectivity index (χ1v) is 8.69. The van der Waals surface area contributed by atoms with Crippen LogP contribution in [0.4, 0.5) is 4.79 Å². The first kappa shape index (κ1) is 19.0. The molecule has 2 rings (SSSR count). The molecule has 0 aromatic rings. The van der Waals surface area contributed by atoms with Crippen molar-refractivity contribution in [3.63, 3.8) is 0 Å². The van der Waals surface area contributed by atoms with Crippen molar-refractivity contribution >= 4 is 12.1 Å². The Bertz CT molecular complexity index is 454. The number of hydrogen-bond acceptors (Lipinski definition) is 5. The Balaban J connectivity index is 1.86. The van der Waals surface area contributed by atoms with E-state index in [4.69, 9.17) is 14.6 Å². The average molecular weight is 342 g/mol. The van der Waals surface area contributed by atoms with Gasteiger partial charge in [-0.1, -0.05) is 0 Å². The van der Waals surface area contributed by atoms with Gasteiger partial charge in [-0.2, -0.15) is 0 Å². The standard InChI is InChI=1S/C17H30N2O5/c1-17(2,3)24-16(22)19-9-13(14(10-19)23-4)18-12-7-5-11(6-8-12)15(20)21/h11-14,18H,5-10H2,1-4H3,(H,20,21)/t11?,12?,13?,14-/m0/s1. The van der Waals surface area contributed by atoms with Crippen molar-refractivity contribution in [3.05, 3.63) is 0 Å². The predicted octanol–water partition coefficient (Wildman–Crippen LogP) is 1.85. The number of carboxylic acids is 1. The van der Waals surface area contributed by atoms with E-state index in [0.717, 1.165) is 12.8 Å². The molecule has 2 atom stereocenters. The third-order valence-electron chi connectivity index (χ3n) is 4.75. The van der Waals surface area contributed by atoms with Gasteiger partial charge in [-0.15, -0.1) is 0 Å². The number of carbonyl (C=O) groups excluding carboxylic acids is 1. The lowest BCUT2D eigenvalue weighted by molar-refractivity contribution is -0.142. The molecule has 0 spiro atoms. The van der Waals surface area contributed by atoms with Crippen LogP contribution in [0, 0.1) is 5.92 Å². The molecule has 1 saturated heterocycles. The Labute approximate surface area is 143 Å². The van der Waals surface area contributed by atoms with E-state index in [2.05, 4.69) is 5.32 Å². The fourth-order valence-corrected chi connectivity index (χ4v) is 3.46. The lowest BCUT2D eigenvalue weighted by Gasteiger charge is -2.30. The van der Waals surface area contributed by atoms with Crippen molar-refractivity contribution in [2.24, 2.45) is 5.92 Å². The van der Waals surface area contributed by atoms with E-state index in [1.807, 2.05) is 20.8 Å². The van der Waals surface area contributed by atoms with Gasteiger partial charge in [0.15, 0.2) is 0 Å². The summed E-state index contributed by atoms with van der Waals surface area (Å²) in [5.41, 5.74) is -0.514. The Morgan fingerprint density at radius 3 is 2.25 bits per heavy atom. The molecule has 0 radical (unpaired) electrons. The van der Waals surface area contributed by atoms with Crippen LogP contribution in [0.5, 0.6) is 0 Å². The van der Waals surface area contributed by atoms with E-state index < -0.39 is 11.6 Å². The normalized spacial score (nSPS) is 31.1. The molecule has 0 bridgehead atoms. The monoisotopic (exact) mass is 342 g/mol. The first-order chi connectivity index (χ1) is 11.2. The van der Waals surface area contributed by atoms with Crippen molar-refractivity contribution in [2.75, 3.05) is 20.2 Å². The van der Waals surface area contributed by atoms with E-state index in [0.29, 0.717) is 25.9 Å². The summed E-state index contributed by atoms with van der Waals surface area (Å²) < 4.78 is 11.0. The van der Waals surface area contributed by atoms with Crippen LogP contribution in [0.25, 0.3) is 0 Å². The van der Waals surface area contributed by atoms with Crippen molar-refractivity contribution < 1.29 is 24.2 Å². The SMILES string of the molecule is CO[C@H]1CN(C(=O)OC(C)(C)C)CC1NC1CCC(C(=O)O)CC1. The fourth-order valence-electron chi connectivity index (χ4n) is 3.46. The van der Waals surface area contributed by atoms with Gasteiger partial charge in [-0.05, 0) is 46.5 Å². The highest BCUT2D eigenvalue weighted by Gasteiger charge is 2.39. The van der Waals surface area contributed by atoms with Gasteiger partial charge in [-0.25, -0.2) is 4.79 Å². The van der Waals surface area contributed by atoms with Gasteiger partial charge in [0.25, 0.3) is 0 Å². The number of nitrogens with zero attached hydrogens (tertiary/aromatic N) is 1. The second-order valence-corrected chi connectivity index (χ2v) is 7.82. The molecule has 1 aliphatic heterocycles. The highest BCUT2D eigenvalue weighted by atomic mass is 16.6. The lowest BCUT2D eigenvalue weighted by Crippen LogP contribution is -2.47. The largest absolute Gasteiger partial charge is 0.481 e. The van der Waals surface area contributed by atoms with Crippen LogP contribution in [0.1, 0.15) is 46.5 Å². The maximum atomic E-state index is 12.2. The van der Waals surface area contributed by atoms with Crippen LogP contribution in [0.3, 0.4) is 0 Å². The van der Waals surface area contributed by atoms with E-state index in [1.165, 1.54) is 0 Å². The molecular weight excluding hydrogens is 312 g/mol. The van der Waals surface area contributed by atoms with Crippen LogP contribution in [0.15, 0.2) is 0 Å². The second kappa shape index (κ2) is 7.70. The first-order valence-electron chi connectivity index (χ1n) is 8.69. The molecule has 2 N–H and O–H groups in total.